The maximum atomic E-state index is 13.4. The van der Waals surface area contributed by atoms with Gasteiger partial charge in [0.15, 0.2) is 0 Å². The van der Waals surface area contributed by atoms with E-state index in [0.717, 1.165) is 5.56 Å². The zero-order valence-electron chi connectivity index (χ0n) is 12.4. The molecule has 1 N–H and O–H groups in total. The van der Waals surface area contributed by atoms with Gasteiger partial charge in [-0.2, -0.15) is 0 Å². The fourth-order valence-corrected chi connectivity index (χ4v) is 2.34. The maximum absolute atomic E-state index is 13.4. The van der Waals surface area contributed by atoms with Crippen LogP contribution in [0.4, 0.5) is 10.1 Å². The van der Waals surface area contributed by atoms with Crippen molar-refractivity contribution in [3.05, 3.63) is 65.0 Å². The third-order valence-corrected chi connectivity index (χ3v) is 3.55. The van der Waals surface area contributed by atoms with Gasteiger partial charge in [0, 0.05) is 19.8 Å². The van der Waals surface area contributed by atoms with E-state index in [-0.39, 0.29) is 11.9 Å². The van der Waals surface area contributed by atoms with Crippen molar-refractivity contribution >= 4 is 5.69 Å². The summed E-state index contributed by atoms with van der Waals surface area (Å²) in [5.74, 6) is -0.161. The first-order chi connectivity index (χ1) is 9.52. The van der Waals surface area contributed by atoms with Gasteiger partial charge in [-0.1, -0.05) is 24.3 Å². The summed E-state index contributed by atoms with van der Waals surface area (Å²) >= 11 is 0. The molecule has 1 atom stereocenters. The van der Waals surface area contributed by atoms with E-state index in [9.17, 15) is 4.39 Å². The van der Waals surface area contributed by atoms with E-state index < -0.39 is 0 Å². The molecule has 0 radical (unpaired) electrons. The van der Waals surface area contributed by atoms with Crippen molar-refractivity contribution in [2.75, 3.05) is 26.0 Å². The van der Waals surface area contributed by atoms with Crippen LogP contribution in [0.25, 0.3) is 0 Å². The molecule has 2 nitrogen and oxygen atoms in total. The average Bonchev–Trinajstić information content (AvgIpc) is 2.44. The Balaban J connectivity index is 2.33. The molecule has 2 rings (SSSR count). The number of rotatable bonds is 4. The molecule has 0 aliphatic heterocycles. The summed E-state index contributed by atoms with van der Waals surface area (Å²) in [5.41, 5.74) is 4.08. The van der Waals surface area contributed by atoms with Gasteiger partial charge in [0.05, 0.1) is 6.04 Å². The van der Waals surface area contributed by atoms with Gasteiger partial charge in [0.25, 0.3) is 0 Å². The molecule has 2 aromatic carbocycles. The molecular weight excluding hydrogens is 251 g/mol. The van der Waals surface area contributed by atoms with Gasteiger partial charge in [-0.3, -0.25) is 0 Å². The van der Waals surface area contributed by atoms with Gasteiger partial charge in [-0.25, -0.2) is 4.39 Å². The molecule has 0 aliphatic carbocycles. The fraction of sp³-hybridized carbons (Fsp3) is 0.294. The van der Waals surface area contributed by atoms with E-state index in [2.05, 4.69) is 34.5 Å². The summed E-state index contributed by atoms with van der Waals surface area (Å²) in [6.45, 7) is 1.79. The van der Waals surface area contributed by atoms with Crippen molar-refractivity contribution in [2.24, 2.45) is 0 Å². The Labute approximate surface area is 120 Å². The second kappa shape index (κ2) is 6.06. The van der Waals surface area contributed by atoms with Crippen LogP contribution in [0, 0.1) is 12.7 Å². The maximum Gasteiger partial charge on any atom is 0.126 e. The molecule has 106 valence electrons. The van der Waals surface area contributed by atoms with E-state index in [1.165, 1.54) is 17.3 Å². The molecule has 0 fully saturated rings. The highest BCUT2D eigenvalue weighted by Crippen LogP contribution is 2.25. The highest BCUT2D eigenvalue weighted by molar-refractivity contribution is 5.47. The zero-order valence-corrected chi connectivity index (χ0v) is 12.4. The molecular formula is C17H21FN2. The van der Waals surface area contributed by atoms with E-state index in [4.69, 9.17) is 0 Å². The van der Waals surface area contributed by atoms with E-state index in [1.54, 1.807) is 6.92 Å². The molecule has 0 spiro atoms. The molecule has 3 heteroatoms. The number of hydrogen-bond acceptors (Lipinski definition) is 2. The lowest BCUT2D eigenvalue weighted by Crippen LogP contribution is -2.18. The van der Waals surface area contributed by atoms with Crippen LogP contribution >= 0.6 is 0 Å². The van der Waals surface area contributed by atoms with Gasteiger partial charge < -0.3 is 10.2 Å². The lowest BCUT2D eigenvalue weighted by molar-refractivity contribution is 0.614. The highest BCUT2D eigenvalue weighted by atomic mass is 19.1. The lowest BCUT2D eigenvalue weighted by Gasteiger charge is -2.19. The second-order valence-electron chi connectivity index (χ2n) is 5.22. The average molecular weight is 272 g/mol. The van der Waals surface area contributed by atoms with Crippen LogP contribution in [-0.4, -0.2) is 21.1 Å². The number of hydrogen-bond donors (Lipinski definition) is 1. The van der Waals surface area contributed by atoms with Crippen LogP contribution in [0.3, 0.4) is 0 Å². The van der Waals surface area contributed by atoms with Gasteiger partial charge >= 0.3 is 0 Å². The smallest absolute Gasteiger partial charge is 0.126 e. The molecule has 0 aliphatic rings. The van der Waals surface area contributed by atoms with Crippen molar-refractivity contribution in [1.82, 2.24) is 5.32 Å². The highest BCUT2D eigenvalue weighted by Gasteiger charge is 2.13. The molecule has 0 amide bonds. The van der Waals surface area contributed by atoms with Crippen molar-refractivity contribution in [2.45, 2.75) is 13.0 Å². The Hall–Kier alpha value is -1.87. The fourth-order valence-electron chi connectivity index (χ4n) is 2.34. The van der Waals surface area contributed by atoms with Crippen LogP contribution < -0.4 is 10.2 Å². The lowest BCUT2D eigenvalue weighted by atomic mass is 9.97. The van der Waals surface area contributed by atoms with Crippen LogP contribution in [0.2, 0.25) is 0 Å². The molecule has 0 heterocycles. The quantitative estimate of drug-likeness (QED) is 0.916. The normalized spacial score (nSPS) is 12.2. The van der Waals surface area contributed by atoms with Gasteiger partial charge in [-0.05, 0) is 48.9 Å². The van der Waals surface area contributed by atoms with Crippen LogP contribution in [0.1, 0.15) is 22.7 Å². The van der Waals surface area contributed by atoms with Crippen molar-refractivity contribution < 1.29 is 4.39 Å². The Kier molecular flexibility index (Phi) is 4.40. The van der Waals surface area contributed by atoms with E-state index >= 15 is 0 Å². The first-order valence-electron chi connectivity index (χ1n) is 6.73. The molecule has 0 aromatic heterocycles. The summed E-state index contributed by atoms with van der Waals surface area (Å²) in [4.78, 5) is 2.07. The SMILES string of the molecule is CNC(c1ccc(N(C)C)cc1)c1ccc(F)c(C)c1. The predicted octanol–water partition coefficient (Wildman–Crippen LogP) is 3.51. The predicted molar refractivity (Wildman–Crippen MR) is 82.8 cm³/mol. The van der Waals surface area contributed by atoms with Gasteiger partial charge in [0.2, 0.25) is 0 Å². The van der Waals surface area contributed by atoms with Gasteiger partial charge in [-0.15, -0.1) is 0 Å². The number of benzene rings is 2. The van der Waals surface area contributed by atoms with Gasteiger partial charge in [0.1, 0.15) is 5.82 Å². The van der Waals surface area contributed by atoms with Crippen LogP contribution in [0.15, 0.2) is 42.5 Å². The Morgan fingerprint density at radius 2 is 1.60 bits per heavy atom. The number of aryl methyl sites for hydroxylation is 1. The van der Waals surface area contributed by atoms with Crippen molar-refractivity contribution in [3.63, 3.8) is 0 Å². The summed E-state index contributed by atoms with van der Waals surface area (Å²) in [5, 5.41) is 3.29. The van der Waals surface area contributed by atoms with E-state index in [0.29, 0.717) is 5.56 Å². The summed E-state index contributed by atoms with van der Waals surface area (Å²) < 4.78 is 13.4. The summed E-state index contributed by atoms with van der Waals surface area (Å²) in [6.07, 6.45) is 0. The first-order valence-corrected chi connectivity index (χ1v) is 6.73. The number of nitrogens with one attached hydrogen (secondary N) is 1. The molecule has 20 heavy (non-hydrogen) atoms. The van der Waals surface area contributed by atoms with Crippen LogP contribution in [0.5, 0.6) is 0 Å². The third kappa shape index (κ3) is 2.99. The minimum Gasteiger partial charge on any atom is -0.378 e. The number of nitrogens with zero attached hydrogens (tertiary/aromatic N) is 1. The summed E-state index contributed by atoms with van der Waals surface area (Å²) in [7, 11) is 5.96. The molecule has 0 saturated carbocycles. The monoisotopic (exact) mass is 272 g/mol. The second-order valence-corrected chi connectivity index (χ2v) is 5.22. The summed E-state index contributed by atoms with van der Waals surface area (Å²) in [6, 6.07) is 13.7. The molecule has 0 bridgehead atoms. The zero-order chi connectivity index (χ0) is 14.7. The number of halogens is 1. The van der Waals surface area contributed by atoms with E-state index in [1.807, 2.05) is 33.3 Å². The van der Waals surface area contributed by atoms with Crippen LogP contribution in [-0.2, 0) is 0 Å². The van der Waals surface area contributed by atoms with Crippen molar-refractivity contribution in [1.29, 1.82) is 0 Å². The Morgan fingerprint density at radius 1 is 1.00 bits per heavy atom. The molecule has 0 saturated heterocycles. The minimum atomic E-state index is -0.161. The minimum absolute atomic E-state index is 0.0745. The largest absolute Gasteiger partial charge is 0.378 e. The number of anilines is 1. The Morgan fingerprint density at radius 3 is 2.10 bits per heavy atom. The standard InChI is InChI=1S/C17H21FN2/c1-12-11-14(7-10-16(12)18)17(19-2)13-5-8-15(9-6-13)20(3)4/h5-11,17,19H,1-4H3. The van der Waals surface area contributed by atoms with Crippen molar-refractivity contribution in [3.8, 4) is 0 Å². The Bertz CT molecular complexity index is 576. The molecule has 1 unspecified atom stereocenters. The molecule has 2 aromatic rings. The topological polar surface area (TPSA) is 15.3 Å². The third-order valence-electron chi connectivity index (χ3n) is 3.55. The first kappa shape index (κ1) is 14.5.